The van der Waals surface area contributed by atoms with Gasteiger partial charge in [0, 0.05) is 0 Å². The van der Waals surface area contributed by atoms with Crippen LogP contribution < -0.4 is 4.46 Å². The third-order valence-corrected chi connectivity index (χ3v) is 7.30. The van der Waals surface area contributed by atoms with Crippen LogP contribution in [0.1, 0.15) is 66.7 Å². The molecule has 0 aliphatic heterocycles. The van der Waals surface area contributed by atoms with Crippen molar-refractivity contribution >= 4 is 25.4 Å². The van der Waals surface area contributed by atoms with Crippen molar-refractivity contribution in [2.24, 2.45) is 5.41 Å². The Balaban J connectivity index is 2.59. The molecule has 0 saturated heterocycles. The minimum atomic E-state index is -0.0745. The van der Waals surface area contributed by atoms with Gasteiger partial charge in [-0.3, -0.25) is 0 Å². The van der Waals surface area contributed by atoms with Gasteiger partial charge < -0.3 is 0 Å². The molecule has 0 aliphatic rings. The van der Waals surface area contributed by atoms with Crippen LogP contribution in [0.25, 0.3) is 0 Å². The molecule has 0 aromatic heterocycles. The number of hydrogen-bond donors (Lipinski definition) is 0. The summed E-state index contributed by atoms with van der Waals surface area (Å²) in [6, 6.07) is 10.3. The molecule has 1 aromatic rings. The number of esters is 1. The summed E-state index contributed by atoms with van der Waals surface area (Å²) in [6.07, 6.45) is 5.88. The Bertz CT molecular complexity index is 450. The topological polar surface area (TPSA) is 26.3 Å². The fourth-order valence-corrected chi connectivity index (χ4v) is 4.68. The third kappa shape index (κ3) is 8.04. The standard InChI is InChI=1S/C20H32O2Se/c1-6-7-8-10-13-16(2)22-19(21)18(20(3,4)5)23-17-14-11-9-12-15-17/h9,11-12,14-16,18H,6-8,10,13H2,1-5H3. The molecule has 0 saturated carbocycles. The van der Waals surface area contributed by atoms with Crippen LogP contribution in [0.3, 0.4) is 0 Å². The zero-order valence-corrected chi connectivity index (χ0v) is 17.0. The van der Waals surface area contributed by atoms with Gasteiger partial charge >= 0.3 is 148 Å². The monoisotopic (exact) mass is 384 g/mol. The first-order valence-corrected chi connectivity index (χ1v) is 10.6. The van der Waals surface area contributed by atoms with Crippen molar-refractivity contribution in [2.45, 2.75) is 77.6 Å². The summed E-state index contributed by atoms with van der Waals surface area (Å²) in [5, 5.41) is 0. The van der Waals surface area contributed by atoms with Gasteiger partial charge in [-0.05, 0) is 0 Å². The molecule has 0 heterocycles. The molecule has 0 aliphatic carbocycles. The molecule has 23 heavy (non-hydrogen) atoms. The van der Waals surface area contributed by atoms with E-state index in [1.807, 2.05) is 25.1 Å². The summed E-state index contributed by atoms with van der Waals surface area (Å²) in [6.45, 7) is 10.6. The molecule has 1 rings (SSSR count). The Hall–Kier alpha value is -0.791. The Labute approximate surface area is 148 Å². The molecule has 2 nitrogen and oxygen atoms in total. The second-order valence-electron chi connectivity index (χ2n) is 7.27. The van der Waals surface area contributed by atoms with E-state index in [1.165, 1.54) is 23.7 Å². The van der Waals surface area contributed by atoms with Crippen LogP contribution in [0.4, 0.5) is 0 Å². The number of rotatable bonds is 9. The summed E-state index contributed by atoms with van der Waals surface area (Å²) in [5.74, 6) is -0.0238. The Morgan fingerprint density at radius 1 is 1.13 bits per heavy atom. The van der Waals surface area contributed by atoms with E-state index in [0.29, 0.717) is 0 Å². The number of hydrogen-bond acceptors (Lipinski definition) is 2. The fourth-order valence-electron chi connectivity index (χ4n) is 2.39. The van der Waals surface area contributed by atoms with Crippen molar-refractivity contribution in [3.05, 3.63) is 30.3 Å². The molecule has 130 valence electrons. The zero-order valence-electron chi connectivity index (χ0n) is 15.3. The van der Waals surface area contributed by atoms with Gasteiger partial charge in [0.1, 0.15) is 0 Å². The van der Waals surface area contributed by atoms with Crippen molar-refractivity contribution in [3.63, 3.8) is 0 Å². The van der Waals surface area contributed by atoms with Crippen LogP contribution >= 0.6 is 0 Å². The van der Waals surface area contributed by atoms with E-state index in [2.05, 4.69) is 39.8 Å². The molecule has 2 atom stereocenters. The molecule has 0 fully saturated rings. The molecule has 2 unspecified atom stereocenters. The number of ether oxygens (including phenoxy) is 1. The summed E-state index contributed by atoms with van der Waals surface area (Å²) >= 11 is 0.0958. The maximum absolute atomic E-state index is 12.7. The fraction of sp³-hybridized carbons (Fsp3) is 0.650. The second kappa shape index (κ2) is 10.2. The van der Waals surface area contributed by atoms with Crippen LogP contribution in [-0.2, 0) is 9.53 Å². The van der Waals surface area contributed by atoms with Crippen molar-refractivity contribution < 1.29 is 9.53 Å². The summed E-state index contributed by atoms with van der Waals surface area (Å²) in [7, 11) is 0. The van der Waals surface area contributed by atoms with Crippen LogP contribution in [-0.4, -0.2) is 27.0 Å². The predicted octanol–water partition coefficient (Wildman–Crippen LogP) is 4.75. The van der Waals surface area contributed by atoms with Crippen molar-refractivity contribution in [2.75, 3.05) is 0 Å². The first-order chi connectivity index (χ1) is 10.8. The van der Waals surface area contributed by atoms with Gasteiger partial charge in [0.05, 0.1) is 0 Å². The number of benzene rings is 1. The average Bonchev–Trinajstić information content (AvgIpc) is 2.49. The van der Waals surface area contributed by atoms with E-state index in [9.17, 15) is 4.79 Å². The van der Waals surface area contributed by atoms with E-state index < -0.39 is 0 Å². The van der Waals surface area contributed by atoms with E-state index in [-0.39, 0.29) is 37.3 Å². The van der Waals surface area contributed by atoms with Crippen molar-refractivity contribution in [1.29, 1.82) is 0 Å². The molecular formula is C20H32O2Se. The molecule has 0 spiro atoms. The average molecular weight is 383 g/mol. The first kappa shape index (κ1) is 20.3. The van der Waals surface area contributed by atoms with Gasteiger partial charge in [0.2, 0.25) is 0 Å². The van der Waals surface area contributed by atoms with Crippen molar-refractivity contribution in [3.8, 4) is 0 Å². The SMILES string of the molecule is CCCCCCC(C)OC(=O)C([Se]c1ccccc1)C(C)(C)C. The van der Waals surface area contributed by atoms with Gasteiger partial charge in [-0.2, -0.15) is 0 Å². The molecule has 1 aromatic carbocycles. The van der Waals surface area contributed by atoms with Crippen LogP contribution in [0.5, 0.6) is 0 Å². The molecule has 0 bridgehead atoms. The summed E-state index contributed by atoms with van der Waals surface area (Å²) < 4.78 is 7.03. The quantitative estimate of drug-likeness (QED) is 0.349. The van der Waals surface area contributed by atoms with Gasteiger partial charge in [0.15, 0.2) is 0 Å². The number of unbranched alkanes of at least 4 members (excludes halogenated alkanes) is 3. The second-order valence-corrected chi connectivity index (χ2v) is 9.75. The Morgan fingerprint density at radius 2 is 1.78 bits per heavy atom. The van der Waals surface area contributed by atoms with Gasteiger partial charge in [-0.1, -0.05) is 0 Å². The summed E-state index contributed by atoms with van der Waals surface area (Å²) in [5.41, 5.74) is -0.0745. The Morgan fingerprint density at radius 3 is 2.35 bits per heavy atom. The normalized spacial score (nSPS) is 14.3. The van der Waals surface area contributed by atoms with E-state index in [4.69, 9.17) is 4.74 Å². The van der Waals surface area contributed by atoms with E-state index >= 15 is 0 Å². The van der Waals surface area contributed by atoms with Crippen molar-refractivity contribution in [1.82, 2.24) is 0 Å². The van der Waals surface area contributed by atoms with Crippen LogP contribution in [0, 0.1) is 5.41 Å². The molecule has 0 amide bonds. The third-order valence-electron chi connectivity index (χ3n) is 3.78. The molecular weight excluding hydrogens is 351 g/mol. The minimum absolute atomic E-state index is 0.0238. The molecule has 0 N–H and O–H groups in total. The van der Waals surface area contributed by atoms with Gasteiger partial charge in [0.25, 0.3) is 0 Å². The van der Waals surface area contributed by atoms with Gasteiger partial charge in [-0.15, -0.1) is 0 Å². The molecule has 3 heteroatoms. The number of carbonyl (C=O) groups is 1. The van der Waals surface area contributed by atoms with Crippen LogP contribution in [0.15, 0.2) is 30.3 Å². The first-order valence-electron chi connectivity index (χ1n) is 8.76. The zero-order chi connectivity index (χ0) is 17.3. The molecule has 0 radical (unpaired) electrons. The van der Waals surface area contributed by atoms with Crippen LogP contribution in [0.2, 0.25) is 4.82 Å². The predicted molar refractivity (Wildman–Crippen MR) is 99.3 cm³/mol. The number of carbonyl (C=O) groups excluding carboxylic acids is 1. The Kier molecular flexibility index (Phi) is 8.94. The van der Waals surface area contributed by atoms with Gasteiger partial charge in [-0.25, -0.2) is 0 Å². The van der Waals surface area contributed by atoms with E-state index in [1.54, 1.807) is 0 Å². The maximum atomic E-state index is 12.7. The summed E-state index contributed by atoms with van der Waals surface area (Å²) in [4.78, 5) is 12.6. The van der Waals surface area contributed by atoms with E-state index in [0.717, 1.165) is 12.8 Å².